The predicted molar refractivity (Wildman–Crippen MR) is 89.8 cm³/mol. The molecule has 0 radical (unpaired) electrons. The van der Waals surface area contributed by atoms with Crippen molar-refractivity contribution >= 4 is 10.0 Å². The minimum atomic E-state index is -3.63. The molecule has 0 saturated carbocycles. The molecule has 2 aliphatic heterocycles. The minimum absolute atomic E-state index is 0.102. The summed E-state index contributed by atoms with van der Waals surface area (Å²) in [6.45, 7) is 2.67. The SMILES string of the molecule is Cc1cc(F)ccc1S(=O)(=O)N1CCC(c2ccc3c(c2)OCO3)C1. The largest absolute Gasteiger partial charge is 0.454 e. The second-order valence-corrected chi connectivity index (χ2v) is 8.28. The molecule has 2 heterocycles. The highest BCUT2D eigenvalue weighted by Gasteiger charge is 2.34. The highest BCUT2D eigenvalue weighted by Crippen LogP contribution is 2.38. The van der Waals surface area contributed by atoms with E-state index in [1.165, 1.54) is 22.5 Å². The van der Waals surface area contributed by atoms with Gasteiger partial charge in [0.25, 0.3) is 0 Å². The van der Waals surface area contributed by atoms with Crippen LogP contribution >= 0.6 is 0 Å². The average molecular weight is 363 g/mol. The number of ether oxygens (including phenoxy) is 2. The minimum Gasteiger partial charge on any atom is -0.454 e. The third-order valence-electron chi connectivity index (χ3n) is 4.77. The van der Waals surface area contributed by atoms with Crippen molar-refractivity contribution in [2.45, 2.75) is 24.2 Å². The van der Waals surface area contributed by atoms with Crippen LogP contribution in [-0.4, -0.2) is 32.6 Å². The fraction of sp³-hybridized carbons (Fsp3) is 0.333. The lowest BCUT2D eigenvalue weighted by Crippen LogP contribution is -2.29. The fourth-order valence-corrected chi connectivity index (χ4v) is 5.13. The molecule has 7 heteroatoms. The Morgan fingerprint density at radius 1 is 1.12 bits per heavy atom. The van der Waals surface area contributed by atoms with E-state index in [4.69, 9.17) is 9.47 Å². The van der Waals surface area contributed by atoms with Gasteiger partial charge in [-0.3, -0.25) is 0 Å². The average Bonchev–Trinajstić information content (AvgIpc) is 3.23. The second kappa shape index (κ2) is 6.00. The van der Waals surface area contributed by atoms with Crippen LogP contribution in [0.5, 0.6) is 11.5 Å². The van der Waals surface area contributed by atoms with Crippen LogP contribution in [0.4, 0.5) is 4.39 Å². The Kier molecular flexibility index (Phi) is 3.92. The van der Waals surface area contributed by atoms with Gasteiger partial charge in [-0.15, -0.1) is 0 Å². The zero-order valence-corrected chi connectivity index (χ0v) is 14.6. The highest BCUT2D eigenvalue weighted by molar-refractivity contribution is 7.89. The Hall–Kier alpha value is -2.12. The van der Waals surface area contributed by atoms with Crippen LogP contribution in [0.25, 0.3) is 0 Å². The summed E-state index contributed by atoms with van der Waals surface area (Å²) in [5, 5.41) is 0. The molecule has 5 nitrogen and oxygen atoms in total. The lowest BCUT2D eigenvalue weighted by molar-refractivity contribution is 0.174. The number of nitrogens with zero attached hydrogens (tertiary/aromatic N) is 1. The molecule has 2 aromatic carbocycles. The van der Waals surface area contributed by atoms with Crippen LogP contribution in [0.3, 0.4) is 0 Å². The summed E-state index contributed by atoms with van der Waals surface area (Å²) in [6.07, 6.45) is 0.735. The number of benzene rings is 2. The Morgan fingerprint density at radius 2 is 1.92 bits per heavy atom. The molecule has 0 bridgehead atoms. The van der Waals surface area contributed by atoms with Crippen LogP contribution in [0.2, 0.25) is 0 Å². The molecule has 2 aliphatic rings. The number of hydrogen-bond acceptors (Lipinski definition) is 4. The first-order valence-electron chi connectivity index (χ1n) is 8.11. The third-order valence-corrected chi connectivity index (χ3v) is 6.80. The normalized spacial score (nSPS) is 20.2. The third kappa shape index (κ3) is 2.87. The van der Waals surface area contributed by atoms with Crippen molar-refractivity contribution < 1.29 is 22.3 Å². The number of fused-ring (bicyclic) bond motifs is 1. The van der Waals surface area contributed by atoms with Crippen molar-refractivity contribution in [2.24, 2.45) is 0 Å². The maximum atomic E-state index is 13.3. The number of aryl methyl sites for hydroxylation is 1. The molecule has 1 unspecified atom stereocenters. The highest BCUT2D eigenvalue weighted by atomic mass is 32.2. The van der Waals surface area contributed by atoms with Gasteiger partial charge in [0.15, 0.2) is 11.5 Å². The van der Waals surface area contributed by atoms with Crippen LogP contribution in [-0.2, 0) is 10.0 Å². The van der Waals surface area contributed by atoms with E-state index in [2.05, 4.69) is 0 Å². The molecule has 0 amide bonds. The molecule has 1 atom stereocenters. The molecule has 1 saturated heterocycles. The van der Waals surface area contributed by atoms with Crippen LogP contribution in [0.1, 0.15) is 23.5 Å². The van der Waals surface area contributed by atoms with E-state index in [1.54, 1.807) is 6.92 Å². The summed E-state index contributed by atoms with van der Waals surface area (Å²) >= 11 is 0. The quantitative estimate of drug-likeness (QED) is 0.841. The molecule has 1 fully saturated rings. The summed E-state index contributed by atoms with van der Waals surface area (Å²) in [5.74, 6) is 1.09. The molecule has 25 heavy (non-hydrogen) atoms. The van der Waals surface area contributed by atoms with Gasteiger partial charge in [-0.25, -0.2) is 12.8 Å². The number of halogens is 1. The molecule has 2 aromatic rings. The molecule has 0 aromatic heterocycles. The monoisotopic (exact) mass is 363 g/mol. The van der Waals surface area contributed by atoms with Crippen molar-refractivity contribution in [1.29, 1.82) is 0 Å². The summed E-state index contributed by atoms with van der Waals surface area (Å²) in [4.78, 5) is 0.167. The Bertz CT molecular complexity index is 929. The van der Waals surface area contributed by atoms with Crippen molar-refractivity contribution in [1.82, 2.24) is 4.31 Å². The first-order valence-corrected chi connectivity index (χ1v) is 9.55. The van der Waals surface area contributed by atoms with Crippen LogP contribution in [0, 0.1) is 12.7 Å². The lowest BCUT2D eigenvalue weighted by atomic mass is 9.98. The summed E-state index contributed by atoms with van der Waals surface area (Å²) in [7, 11) is -3.63. The van der Waals surface area contributed by atoms with Gasteiger partial charge >= 0.3 is 0 Å². The van der Waals surface area contributed by atoms with Crippen molar-refractivity contribution in [2.75, 3.05) is 19.9 Å². The van der Waals surface area contributed by atoms with Gasteiger partial charge < -0.3 is 9.47 Å². The first kappa shape index (κ1) is 16.4. The summed E-state index contributed by atoms with van der Waals surface area (Å²) < 4.78 is 51.2. The Balaban J connectivity index is 1.57. The van der Waals surface area contributed by atoms with Crippen molar-refractivity contribution in [3.05, 3.63) is 53.3 Å². The smallest absolute Gasteiger partial charge is 0.243 e. The summed E-state index contributed by atoms with van der Waals surface area (Å²) in [6, 6.07) is 9.51. The van der Waals surface area contributed by atoms with Crippen molar-refractivity contribution in [3.8, 4) is 11.5 Å². The van der Waals surface area contributed by atoms with Gasteiger partial charge in [0.05, 0.1) is 4.90 Å². The van der Waals surface area contributed by atoms with Gasteiger partial charge in [-0.05, 0) is 60.7 Å². The second-order valence-electron chi connectivity index (χ2n) is 6.37. The number of hydrogen-bond donors (Lipinski definition) is 0. The summed E-state index contributed by atoms with van der Waals surface area (Å²) in [5.41, 5.74) is 1.46. The van der Waals surface area contributed by atoms with Crippen LogP contribution in [0.15, 0.2) is 41.3 Å². The van der Waals surface area contributed by atoms with E-state index in [0.717, 1.165) is 12.0 Å². The van der Waals surface area contributed by atoms with Gasteiger partial charge in [0, 0.05) is 13.1 Å². The van der Waals surface area contributed by atoms with E-state index >= 15 is 0 Å². The lowest BCUT2D eigenvalue weighted by Gasteiger charge is -2.18. The van der Waals surface area contributed by atoms with Gasteiger partial charge in [0.2, 0.25) is 16.8 Å². The zero-order valence-electron chi connectivity index (χ0n) is 13.7. The van der Waals surface area contributed by atoms with E-state index in [0.29, 0.717) is 30.2 Å². The molecule has 0 spiro atoms. The van der Waals surface area contributed by atoms with E-state index in [9.17, 15) is 12.8 Å². The Morgan fingerprint density at radius 3 is 2.72 bits per heavy atom. The molecular formula is C18H18FNO4S. The zero-order chi connectivity index (χ0) is 17.6. The molecule has 0 aliphatic carbocycles. The van der Waals surface area contributed by atoms with Gasteiger partial charge in [-0.1, -0.05) is 6.07 Å². The standard InChI is InChI=1S/C18H18FNO4S/c1-12-8-15(19)3-5-18(12)25(21,22)20-7-6-14(10-20)13-2-4-16-17(9-13)24-11-23-16/h2-5,8-9,14H,6-7,10-11H2,1H3. The van der Waals surface area contributed by atoms with Crippen molar-refractivity contribution in [3.63, 3.8) is 0 Å². The Labute approximate surface area is 146 Å². The van der Waals surface area contributed by atoms with Gasteiger partial charge in [0.1, 0.15) is 5.82 Å². The van der Waals surface area contributed by atoms with E-state index < -0.39 is 15.8 Å². The van der Waals surface area contributed by atoms with E-state index in [-0.39, 0.29) is 17.6 Å². The molecule has 0 N–H and O–H groups in total. The van der Waals surface area contributed by atoms with Gasteiger partial charge in [-0.2, -0.15) is 4.31 Å². The number of sulfonamides is 1. The van der Waals surface area contributed by atoms with Crippen LogP contribution < -0.4 is 9.47 Å². The molecular weight excluding hydrogens is 345 g/mol. The van der Waals surface area contributed by atoms with E-state index in [1.807, 2.05) is 18.2 Å². The first-order chi connectivity index (χ1) is 11.9. The maximum absolute atomic E-state index is 13.3. The maximum Gasteiger partial charge on any atom is 0.243 e. The molecule has 132 valence electrons. The number of rotatable bonds is 3. The fourth-order valence-electron chi connectivity index (χ4n) is 3.43. The predicted octanol–water partition coefficient (Wildman–Crippen LogP) is 3.04. The topological polar surface area (TPSA) is 55.8 Å². The molecule has 4 rings (SSSR count).